The summed E-state index contributed by atoms with van der Waals surface area (Å²) in [5.41, 5.74) is 3.88. The maximum absolute atomic E-state index is 14.0. The standard InChI is InChI=1S/C18H22FNO/c1-5-20-11-15-16(19)7-6-8-17(15)21-18-13(3)10-9-12(2)14(18)4/h6-10,20H,5,11H2,1-4H3. The van der Waals surface area contributed by atoms with E-state index < -0.39 is 0 Å². The normalized spacial score (nSPS) is 10.7. The van der Waals surface area contributed by atoms with Gasteiger partial charge in [0.05, 0.1) is 0 Å². The third-order valence-electron chi connectivity index (χ3n) is 3.71. The molecule has 0 saturated carbocycles. The van der Waals surface area contributed by atoms with Gasteiger partial charge in [0.15, 0.2) is 0 Å². The Morgan fingerprint density at radius 3 is 2.48 bits per heavy atom. The van der Waals surface area contributed by atoms with Gasteiger partial charge >= 0.3 is 0 Å². The Labute approximate surface area is 126 Å². The lowest BCUT2D eigenvalue weighted by atomic mass is 10.1. The van der Waals surface area contributed by atoms with E-state index in [4.69, 9.17) is 4.74 Å². The van der Waals surface area contributed by atoms with Crippen LogP contribution in [0.3, 0.4) is 0 Å². The summed E-state index contributed by atoms with van der Waals surface area (Å²) in [6.07, 6.45) is 0. The highest BCUT2D eigenvalue weighted by Crippen LogP contribution is 2.33. The van der Waals surface area contributed by atoms with E-state index in [1.807, 2.05) is 39.8 Å². The fraction of sp³-hybridized carbons (Fsp3) is 0.333. The van der Waals surface area contributed by atoms with E-state index in [0.29, 0.717) is 17.9 Å². The summed E-state index contributed by atoms with van der Waals surface area (Å²) in [5, 5.41) is 3.15. The highest BCUT2D eigenvalue weighted by Gasteiger charge is 2.13. The number of rotatable bonds is 5. The monoisotopic (exact) mass is 287 g/mol. The van der Waals surface area contributed by atoms with Crippen LogP contribution in [-0.4, -0.2) is 6.54 Å². The third-order valence-corrected chi connectivity index (χ3v) is 3.71. The number of nitrogens with one attached hydrogen (secondary N) is 1. The van der Waals surface area contributed by atoms with E-state index in [1.54, 1.807) is 6.07 Å². The molecular weight excluding hydrogens is 265 g/mol. The topological polar surface area (TPSA) is 21.3 Å². The van der Waals surface area contributed by atoms with E-state index in [-0.39, 0.29) is 5.82 Å². The van der Waals surface area contributed by atoms with Crippen molar-refractivity contribution in [3.63, 3.8) is 0 Å². The van der Waals surface area contributed by atoms with Crippen LogP contribution >= 0.6 is 0 Å². The van der Waals surface area contributed by atoms with Crippen LogP contribution in [0, 0.1) is 26.6 Å². The Morgan fingerprint density at radius 1 is 1.05 bits per heavy atom. The Bertz CT molecular complexity index is 637. The van der Waals surface area contributed by atoms with Crippen molar-refractivity contribution >= 4 is 0 Å². The summed E-state index contributed by atoms with van der Waals surface area (Å²) in [4.78, 5) is 0. The zero-order valence-corrected chi connectivity index (χ0v) is 13.1. The maximum Gasteiger partial charge on any atom is 0.134 e. The minimum atomic E-state index is -0.239. The molecule has 0 heterocycles. The summed E-state index contributed by atoms with van der Waals surface area (Å²) in [6.45, 7) is 9.33. The third kappa shape index (κ3) is 3.42. The Morgan fingerprint density at radius 2 is 1.76 bits per heavy atom. The van der Waals surface area contributed by atoms with Gasteiger partial charge in [0.2, 0.25) is 0 Å². The van der Waals surface area contributed by atoms with Gasteiger partial charge in [-0.1, -0.05) is 25.1 Å². The number of hydrogen-bond donors (Lipinski definition) is 1. The molecule has 112 valence electrons. The van der Waals surface area contributed by atoms with Crippen LogP contribution in [0.4, 0.5) is 4.39 Å². The molecule has 0 amide bonds. The predicted octanol–water partition coefficient (Wildman–Crippen LogP) is 4.65. The van der Waals surface area contributed by atoms with Gasteiger partial charge < -0.3 is 10.1 Å². The average Bonchev–Trinajstić information content (AvgIpc) is 2.47. The molecule has 0 fully saturated rings. The van der Waals surface area contributed by atoms with Crippen molar-refractivity contribution < 1.29 is 9.13 Å². The molecule has 2 aromatic rings. The van der Waals surface area contributed by atoms with Gasteiger partial charge in [-0.2, -0.15) is 0 Å². The van der Waals surface area contributed by atoms with Gasteiger partial charge in [-0.15, -0.1) is 0 Å². The van der Waals surface area contributed by atoms with Crippen molar-refractivity contribution in [1.82, 2.24) is 5.32 Å². The van der Waals surface area contributed by atoms with Crippen molar-refractivity contribution in [2.24, 2.45) is 0 Å². The molecule has 2 nitrogen and oxygen atoms in total. The van der Waals surface area contributed by atoms with Crippen molar-refractivity contribution in [2.45, 2.75) is 34.2 Å². The Balaban J connectivity index is 2.40. The molecule has 0 atom stereocenters. The largest absolute Gasteiger partial charge is 0.456 e. The summed E-state index contributed by atoms with van der Waals surface area (Å²) in [6, 6.07) is 9.07. The van der Waals surface area contributed by atoms with E-state index in [2.05, 4.69) is 11.4 Å². The van der Waals surface area contributed by atoms with Gasteiger partial charge in [-0.05, 0) is 56.1 Å². The minimum Gasteiger partial charge on any atom is -0.456 e. The average molecular weight is 287 g/mol. The van der Waals surface area contributed by atoms with Crippen molar-refractivity contribution in [2.75, 3.05) is 6.54 Å². The summed E-state index contributed by atoms with van der Waals surface area (Å²) in [7, 11) is 0. The van der Waals surface area contributed by atoms with Crippen LogP contribution in [0.2, 0.25) is 0 Å². The van der Waals surface area contributed by atoms with E-state index >= 15 is 0 Å². The molecule has 3 heteroatoms. The second-order valence-corrected chi connectivity index (χ2v) is 5.25. The summed E-state index contributed by atoms with van der Waals surface area (Å²) < 4.78 is 20.1. The molecule has 0 unspecified atom stereocenters. The molecule has 0 aliphatic heterocycles. The molecule has 21 heavy (non-hydrogen) atoms. The van der Waals surface area contributed by atoms with Gasteiger partial charge in [-0.25, -0.2) is 4.39 Å². The quantitative estimate of drug-likeness (QED) is 0.864. The van der Waals surface area contributed by atoms with E-state index in [9.17, 15) is 4.39 Å². The van der Waals surface area contributed by atoms with Gasteiger partial charge in [0.1, 0.15) is 17.3 Å². The molecule has 2 rings (SSSR count). The molecular formula is C18H22FNO. The number of ether oxygens (including phenoxy) is 1. The Kier molecular flexibility index (Phi) is 4.97. The highest BCUT2D eigenvalue weighted by molar-refractivity contribution is 5.48. The first-order valence-corrected chi connectivity index (χ1v) is 7.27. The van der Waals surface area contributed by atoms with E-state index in [1.165, 1.54) is 11.6 Å². The lowest BCUT2D eigenvalue weighted by molar-refractivity contribution is 0.456. The molecule has 0 spiro atoms. The molecule has 0 aliphatic rings. The second-order valence-electron chi connectivity index (χ2n) is 5.25. The SMILES string of the molecule is CCNCc1c(F)cccc1Oc1c(C)ccc(C)c1C. The lowest BCUT2D eigenvalue weighted by Gasteiger charge is -2.17. The van der Waals surface area contributed by atoms with Crippen LogP contribution in [0.25, 0.3) is 0 Å². The Hall–Kier alpha value is -1.87. The van der Waals surface area contributed by atoms with Gasteiger partial charge in [-0.3, -0.25) is 0 Å². The van der Waals surface area contributed by atoms with Crippen LogP contribution in [-0.2, 0) is 6.54 Å². The van der Waals surface area contributed by atoms with E-state index in [0.717, 1.165) is 23.4 Å². The van der Waals surface area contributed by atoms with Crippen molar-refractivity contribution in [1.29, 1.82) is 0 Å². The fourth-order valence-electron chi connectivity index (χ4n) is 2.25. The van der Waals surface area contributed by atoms with Gasteiger partial charge in [0.25, 0.3) is 0 Å². The van der Waals surface area contributed by atoms with Crippen molar-refractivity contribution in [3.05, 3.63) is 58.4 Å². The van der Waals surface area contributed by atoms with Crippen molar-refractivity contribution in [3.8, 4) is 11.5 Å². The van der Waals surface area contributed by atoms with Crippen LogP contribution in [0.15, 0.2) is 30.3 Å². The summed E-state index contributed by atoms with van der Waals surface area (Å²) in [5.74, 6) is 1.16. The smallest absolute Gasteiger partial charge is 0.134 e. The first-order valence-electron chi connectivity index (χ1n) is 7.27. The summed E-state index contributed by atoms with van der Waals surface area (Å²) >= 11 is 0. The number of benzene rings is 2. The number of aryl methyl sites for hydroxylation is 2. The maximum atomic E-state index is 14.0. The first kappa shape index (κ1) is 15.5. The second kappa shape index (κ2) is 6.72. The zero-order valence-electron chi connectivity index (χ0n) is 13.1. The molecule has 0 radical (unpaired) electrons. The molecule has 1 N–H and O–H groups in total. The number of hydrogen-bond acceptors (Lipinski definition) is 2. The molecule has 2 aromatic carbocycles. The highest BCUT2D eigenvalue weighted by atomic mass is 19.1. The number of halogens is 1. The van der Waals surface area contributed by atoms with Crippen LogP contribution in [0.1, 0.15) is 29.2 Å². The van der Waals surface area contributed by atoms with Crippen LogP contribution in [0.5, 0.6) is 11.5 Å². The van der Waals surface area contributed by atoms with Gasteiger partial charge in [0, 0.05) is 12.1 Å². The molecule has 0 bridgehead atoms. The van der Waals surface area contributed by atoms with Crippen LogP contribution < -0.4 is 10.1 Å². The first-order chi connectivity index (χ1) is 10.0. The zero-order chi connectivity index (χ0) is 15.4. The molecule has 0 aromatic heterocycles. The predicted molar refractivity (Wildman–Crippen MR) is 84.5 cm³/mol. The molecule has 0 saturated heterocycles. The fourth-order valence-corrected chi connectivity index (χ4v) is 2.25. The lowest BCUT2D eigenvalue weighted by Crippen LogP contribution is -2.14. The minimum absolute atomic E-state index is 0.239. The molecule has 0 aliphatic carbocycles.